The van der Waals surface area contributed by atoms with E-state index in [1.165, 1.54) is 116 Å². The van der Waals surface area contributed by atoms with E-state index in [1.807, 2.05) is 0 Å². The van der Waals surface area contributed by atoms with Crippen molar-refractivity contribution in [2.45, 2.75) is 206 Å². The van der Waals surface area contributed by atoms with Crippen LogP contribution in [-0.2, 0) is 32.7 Å². The van der Waals surface area contributed by atoms with Crippen molar-refractivity contribution >= 4 is 19.8 Å². The second-order valence-corrected chi connectivity index (χ2v) is 15.1. The SMILES string of the molecule is CCCCCCCCCCCCCCCC(=O)OC[C@H](COP(=O)([O-])OC[C@H](O)CO)OC(=O)CCCCCCCCCCCCCCC.[Na+]. The fourth-order valence-electron chi connectivity index (χ4n) is 5.63. The number of ether oxygens (including phenoxy) is 2. The van der Waals surface area contributed by atoms with Crippen LogP contribution in [0.5, 0.6) is 0 Å². The number of hydrogen-bond acceptors (Lipinski definition) is 10. The van der Waals surface area contributed by atoms with Crippen molar-refractivity contribution in [3.8, 4) is 0 Å². The fraction of sp³-hybridized carbons (Fsp3) is 0.947. The molecule has 0 heterocycles. The summed E-state index contributed by atoms with van der Waals surface area (Å²) in [5, 5.41) is 18.2. The summed E-state index contributed by atoms with van der Waals surface area (Å²) in [5.41, 5.74) is 0. The van der Waals surface area contributed by atoms with E-state index in [2.05, 4.69) is 18.4 Å². The number of esters is 2. The third-order valence-electron chi connectivity index (χ3n) is 8.75. The summed E-state index contributed by atoms with van der Waals surface area (Å²) in [6, 6.07) is 0. The van der Waals surface area contributed by atoms with Gasteiger partial charge in [-0.2, -0.15) is 0 Å². The summed E-state index contributed by atoms with van der Waals surface area (Å²) in [6.45, 7) is 2.21. The second-order valence-electron chi connectivity index (χ2n) is 13.7. The maximum Gasteiger partial charge on any atom is 1.00 e. The number of phosphoric acid groups is 1. The van der Waals surface area contributed by atoms with E-state index >= 15 is 0 Å². The zero-order chi connectivity index (χ0) is 36.3. The Kier molecular flexibility index (Phi) is 40.3. The van der Waals surface area contributed by atoms with Gasteiger partial charge in [-0.15, -0.1) is 0 Å². The molecule has 3 atom stereocenters. The predicted molar refractivity (Wildman–Crippen MR) is 194 cm³/mol. The van der Waals surface area contributed by atoms with Crippen molar-refractivity contribution in [1.29, 1.82) is 0 Å². The van der Waals surface area contributed by atoms with E-state index in [0.717, 1.165) is 38.5 Å². The molecular weight excluding hydrogens is 670 g/mol. The van der Waals surface area contributed by atoms with E-state index in [1.54, 1.807) is 0 Å². The van der Waals surface area contributed by atoms with Crippen LogP contribution in [0.4, 0.5) is 0 Å². The minimum absolute atomic E-state index is 0. The molecule has 10 nitrogen and oxygen atoms in total. The molecular formula is C38H74NaO10P. The molecule has 0 amide bonds. The molecule has 0 radical (unpaired) electrons. The first-order valence-corrected chi connectivity index (χ1v) is 21.4. The molecule has 1 unspecified atom stereocenters. The van der Waals surface area contributed by atoms with E-state index in [9.17, 15) is 24.2 Å². The Hall–Kier alpha value is -0.0300. The Morgan fingerprint density at radius 2 is 0.900 bits per heavy atom. The van der Waals surface area contributed by atoms with Crippen LogP contribution in [-0.4, -0.2) is 60.8 Å². The monoisotopic (exact) mass is 744 g/mol. The van der Waals surface area contributed by atoms with Crippen LogP contribution in [0.15, 0.2) is 0 Å². The standard InChI is InChI=1S/C38H75O10P.Na/c1-3-5-7-9-11-13-15-17-19-21-23-25-27-29-37(41)45-33-36(34-47-49(43,44)46-32-35(40)31-39)48-38(42)30-28-26-24-22-20-18-16-14-12-10-8-6-4-2;/h35-36,39-40H,3-34H2,1-2H3,(H,43,44);/q;+1/p-1/t35-,36-;/m1./s1. The average Bonchev–Trinajstić information content (AvgIpc) is 3.09. The molecule has 0 bridgehead atoms. The molecule has 0 rings (SSSR count). The van der Waals surface area contributed by atoms with E-state index < -0.39 is 51.8 Å². The molecule has 2 N–H and O–H groups in total. The average molecular weight is 745 g/mol. The maximum absolute atomic E-state index is 12.5. The third kappa shape index (κ3) is 37.7. The van der Waals surface area contributed by atoms with Gasteiger partial charge in [0, 0.05) is 12.8 Å². The zero-order valence-electron chi connectivity index (χ0n) is 32.4. The van der Waals surface area contributed by atoms with Gasteiger partial charge in [0.2, 0.25) is 0 Å². The molecule has 0 saturated carbocycles. The summed E-state index contributed by atoms with van der Waals surface area (Å²) < 4.78 is 32.2. The van der Waals surface area contributed by atoms with Gasteiger partial charge >= 0.3 is 41.5 Å². The Morgan fingerprint density at radius 1 is 0.560 bits per heavy atom. The fourth-order valence-corrected chi connectivity index (χ4v) is 6.41. The van der Waals surface area contributed by atoms with Crippen molar-refractivity contribution in [2.75, 3.05) is 26.4 Å². The summed E-state index contributed by atoms with van der Waals surface area (Å²) >= 11 is 0. The molecule has 0 fully saturated rings. The minimum atomic E-state index is -4.85. The smallest absolute Gasteiger partial charge is 0.756 e. The zero-order valence-corrected chi connectivity index (χ0v) is 35.3. The Labute approximate surface area is 327 Å². The number of aliphatic hydroxyl groups is 2. The molecule has 0 spiro atoms. The third-order valence-corrected chi connectivity index (χ3v) is 9.68. The summed E-state index contributed by atoms with van der Waals surface area (Å²) in [5.74, 6) is -0.949. The summed E-state index contributed by atoms with van der Waals surface area (Å²) in [6.07, 6.45) is 29.0. The molecule has 0 aromatic rings. The molecule has 0 aliphatic rings. The number of phosphoric ester groups is 1. The second kappa shape index (κ2) is 38.7. The molecule has 0 aromatic carbocycles. The van der Waals surface area contributed by atoms with Crippen molar-refractivity contribution in [3.05, 3.63) is 0 Å². The Balaban J connectivity index is 0. The minimum Gasteiger partial charge on any atom is -0.756 e. The van der Waals surface area contributed by atoms with Crippen molar-refractivity contribution < 1.29 is 77.3 Å². The first-order valence-electron chi connectivity index (χ1n) is 20.0. The van der Waals surface area contributed by atoms with Crippen LogP contribution in [0, 0.1) is 0 Å². The molecule has 50 heavy (non-hydrogen) atoms. The largest absolute Gasteiger partial charge is 1.00 e. The van der Waals surface area contributed by atoms with Crippen LogP contribution in [0.3, 0.4) is 0 Å². The van der Waals surface area contributed by atoms with Gasteiger partial charge in [0.05, 0.1) is 19.8 Å². The van der Waals surface area contributed by atoms with Gasteiger partial charge in [0.15, 0.2) is 6.10 Å². The molecule has 0 aliphatic heterocycles. The molecule has 12 heteroatoms. The van der Waals surface area contributed by atoms with Crippen LogP contribution >= 0.6 is 7.82 Å². The Bertz CT molecular complexity index is 804. The van der Waals surface area contributed by atoms with Crippen LogP contribution < -0.4 is 34.5 Å². The van der Waals surface area contributed by atoms with E-state index in [0.29, 0.717) is 12.8 Å². The van der Waals surface area contributed by atoms with Crippen molar-refractivity contribution in [1.82, 2.24) is 0 Å². The summed E-state index contributed by atoms with van der Waals surface area (Å²) in [4.78, 5) is 37.0. The van der Waals surface area contributed by atoms with Gasteiger partial charge in [-0.1, -0.05) is 168 Å². The van der Waals surface area contributed by atoms with E-state index in [-0.39, 0.29) is 49.0 Å². The topological polar surface area (TPSA) is 152 Å². The van der Waals surface area contributed by atoms with Crippen LogP contribution in [0.2, 0.25) is 0 Å². The quantitative estimate of drug-likeness (QED) is 0.0321. The number of unbranched alkanes of at least 4 members (excludes halogenated alkanes) is 24. The number of carbonyl (C=O) groups is 2. The number of rotatable bonds is 38. The van der Waals surface area contributed by atoms with Gasteiger partial charge in [-0.3, -0.25) is 14.2 Å². The van der Waals surface area contributed by atoms with Gasteiger partial charge in [-0.25, -0.2) is 0 Å². The normalized spacial score (nSPS) is 13.7. The summed E-state index contributed by atoms with van der Waals surface area (Å²) in [7, 11) is -4.85. The van der Waals surface area contributed by atoms with Crippen molar-refractivity contribution in [3.63, 3.8) is 0 Å². The van der Waals surface area contributed by atoms with Gasteiger partial charge in [0.25, 0.3) is 7.82 Å². The van der Waals surface area contributed by atoms with E-state index in [4.69, 9.17) is 19.1 Å². The molecule has 292 valence electrons. The Morgan fingerprint density at radius 3 is 1.28 bits per heavy atom. The maximum atomic E-state index is 12.5. The predicted octanol–water partition coefficient (Wildman–Crippen LogP) is 6.26. The molecule has 0 aliphatic carbocycles. The van der Waals surface area contributed by atoms with Crippen LogP contribution in [0.1, 0.15) is 194 Å². The molecule has 0 aromatic heterocycles. The van der Waals surface area contributed by atoms with Crippen LogP contribution in [0.25, 0.3) is 0 Å². The van der Waals surface area contributed by atoms with Gasteiger partial charge in [0.1, 0.15) is 12.7 Å². The number of hydrogen-bond donors (Lipinski definition) is 2. The van der Waals surface area contributed by atoms with Crippen molar-refractivity contribution in [2.24, 2.45) is 0 Å². The molecule has 0 saturated heterocycles. The first kappa shape index (κ1) is 52.1. The first-order chi connectivity index (χ1) is 23.7. The number of carbonyl (C=O) groups excluding carboxylic acids is 2. The van der Waals surface area contributed by atoms with Gasteiger partial charge < -0.3 is 33.6 Å². The number of aliphatic hydroxyl groups excluding tert-OH is 2. The van der Waals surface area contributed by atoms with Gasteiger partial charge in [-0.05, 0) is 12.8 Å².